The molecule has 176 valence electrons. The predicted molar refractivity (Wildman–Crippen MR) is 98.5 cm³/mol. The fourth-order valence-corrected chi connectivity index (χ4v) is 4.79. The number of aliphatic hydroxyl groups excluding tert-OH is 3. The molecule has 4 N–H and O–H groups in total. The standard InChI is InChI=1S/C17H30O12S/c1-3-8-13(19)12(25-10(4-18)15(8)27-30-29-28-21)6-23-5-9-11-7-24-16(9)14(20)17(22-2)26-11/h8-21H,3-7H2,1-2H3/t8-,9-,10?,11?,12-,13?,14?,15+,16+,17-/m0/s1. The van der Waals surface area contributed by atoms with Crippen molar-refractivity contribution in [1.82, 2.24) is 0 Å². The van der Waals surface area contributed by atoms with Crippen LogP contribution in [0.3, 0.4) is 0 Å². The summed E-state index contributed by atoms with van der Waals surface area (Å²) < 4.78 is 37.6. The summed E-state index contributed by atoms with van der Waals surface area (Å²) in [5.74, 6) is -0.549. The minimum Gasteiger partial charge on any atom is -0.394 e. The molecule has 3 rings (SSSR count). The Bertz CT molecular complexity index is 515. The summed E-state index contributed by atoms with van der Waals surface area (Å²) in [6.07, 6.45) is -4.84. The number of methoxy groups -OCH3 is 1. The Balaban J connectivity index is 1.53. The molecule has 0 aromatic rings. The summed E-state index contributed by atoms with van der Waals surface area (Å²) in [6.45, 7) is 2.19. The molecule has 0 radical (unpaired) electrons. The molecule has 12 nitrogen and oxygen atoms in total. The molecule has 0 amide bonds. The van der Waals surface area contributed by atoms with Gasteiger partial charge in [0, 0.05) is 18.9 Å². The quantitative estimate of drug-likeness (QED) is 0.133. The van der Waals surface area contributed by atoms with Gasteiger partial charge >= 0.3 is 0 Å². The second-order valence-corrected chi connectivity index (χ2v) is 7.96. The lowest BCUT2D eigenvalue weighted by molar-refractivity contribution is -0.434. The third-order valence-electron chi connectivity index (χ3n) is 5.92. The zero-order valence-corrected chi connectivity index (χ0v) is 17.6. The van der Waals surface area contributed by atoms with Crippen LogP contribution in [0.15, 0.2) is 0 Å². The van der Waals surface area contributed by atoms with Gasteiger partial charge in [0.05, 0.1) is 44.7 Å². The summed E-state index contributed by atoms with van der Waals surface area (Å²) in [7, 11) is 1.46. The highest BCUT2D eigenvalue weighted by Crippen LogP contribution is 2.36. The van der Waals surface area contributed by atoms with Crippen molar-refractivity contribution in [2.45, 2.75) is 62.4 Å². The maximum Gasteiger partial charge on any atom is 0.198 e. The molecule has 4 unspecified atom stereocenters. The Hall–Kier alpha value is -0.130. The molecule has 0 spiro atoms. The smallest absolute Gasteiger partial charge is 0.198 e. The van der Waals surface area contributed by atoms with E-state index < -0.39 is 42.9 Å². The number of aliphatic hydroxyl groups is 3. The number of rotatable bonds is 11. The molecule has 0 aromatic heterocycles. The lowest BCUT2D eigenvalue weighted by Crippen LogP contribution is -2.57. The van der Waals surface area contributed by atoms with Crippen molar-refractivity contribution in [3.63, 3.8) is 0 Å². The number of hydrogen-bond donors (Lipinski definition) is 4. The SMILES string of the molecule is CC[C@H]1C(O)[C@H](COC[C@H]2C3CO[C@H]2C(O)[C@@H](OC)O3)OC(CO)[C@@H]1OSOOO. The molecule has 30 heavy (non-hydrogen) atoms. The van der Waals surface area contributed by atoms with Crippen molar-refractivity contribution in [3.8, 4) is 0 Å². The van der Waals surface area contributed by atoms with Crippen LogP contribution < -0.4 is 0 Å². The maximum absolute atomic E-state index is 10.7. The monoisotopic (exact) mass is 458 g/mol. The Morgan fingerprint density at radius 1 is 1.07 bits per heavy atom. The van der Waals surface area contributed by atoms with Crippen molar-refractivity contribution in [2.24, 2.45) is 11.8 Å². The first-order valence-corrected chi connectivity index (χ1v) is 10.5. The molecule has 0 aromatic carbocycles. The largest absolute Gasteiger partial charge is 0.394 e. The third kappa shape index (κ3) is 5.26. The first kappa shape index (κ1) is 24.5. The molecule has 0 aliphatic carbocycles. The van der Waals surface area contributed by atoms with Gasteiger partial charge in [-0.2, -0.15) is 0 Å². The Morgan fingerprint density at radius 3 is 2.53 bits per heavy atom. The average molecular weight is 458 g/mol. The lowest BCUT2D eigenvalue weighted by Gasteiger charge is -2.43. The summed E-state index contributed by atoms with van der Waals surface area (Å²) in [6, 6.07) is 0. The van der Waals surface area contributed by atoms with E-state index in [1.165, 1.54) is 7.11 Å². The lowest BCUT2D eigenvalue weighted by atomic mass is 9.84. The Morgan fingerprint density at radius 2 is 1.87 bits per heavy atom. The van der Waals surface area contributed by atoms with Crippen LogP contribution in [0.1, 0.15) is 13.3 Å². The fourth-order valence-electron chi connectivity index (χ4n) is 4.38. The van der Waals surface area contributed by atoms with Crippen LogP contribution in [0.2, 0.25) is 0 Å². The van der Waals surface area contributed by atoms with E-state index in [-0.39, 0.29) is 37.8 Å². The van der Waals surface area contributed by atoms with Gasteiger partial charge in [-0.25, -0.2) is 5.26 Å². The molecule has 0 saturated carbocycles. The van der Waals surface area contributed by atoms with Crippen molar-refractivity contribution >= 4 is 12.3 Å². The molecular weight excluding hydrogens is 428 g/mol. The van der Waals surface area contributed by atoms with Gasteiger partial charge < -0.3 is 39.0 Å². The highest BCUT2D eigenvalue weighted by Gasteiger charge is 2.51. The number of fused-ring (bicyclic) bond motifs is 2. The van der Waals surface area contributed by atoms with Crippen molar-refractivity contribution in [2.75, 3.05) is 33.5 Å². The molecule has 3 aliphatic rings. The van der Waals surface area contributed by atoms with Gasteiger partial charge in [0.25, 0.3) is 0 Å². The van der Waals surface area contributed by atoms with Gasteiger partial charge in [0.2, 0.25) is 0 Å². The summed E-state index contributed by atoms with van der Waals surface area (Å²) >= 11 is 0.380. The predicted octanol–water partition coefficient (Wildman–Crippen LogP) is -0.733. The normalized spacial score (nSPS) is 43.8. The molecule has 3 heterocycles. The summed E-state index contributed by atoms with van der Waals surface area (Å²) in [4.78, 5) is 0. The van der Waals surface area contributed by atoms with Gasteiger partial charge in [-0.05, 0) is 6.42 Å². The average Bonchev–Trinajstić information content (AvgIpc) is 3.07. The van der Waals surface area contributed by atoms with Crippen molar-refractivity contribution in [3.05, 3.63) is 0 Å². The fraction of sp³-hybridized carbons (Fsp3) is 1.00. The molecule has 3 saturated heterocycles. The van der Waals surface area contributed by atoms with E-state index in [9.17, 15) is 15.3 Å². The van der Waals surface area contributed by atoms with Crippen LogP contribution in [0, 0.1) is 11.8 Å². The van der Waals surface area contributed by atoms with Crippen LogP contribution in [-0.4, -0.2) is 103 Å². The van der Waals surface area contributed by atoms with Gasteiger partial charge in [-0.1, -0.05) is 12.0 Å². The van der Waals surface area contributed by atoms with Gasteiger partial charge in [0.1, 0.15) is 24.4 Å². The highest BCUT2D eigenvalue weighted by molar-refractivity contribution is 7.89. The molecule has 2 bridgehead atoms. The van der Waals surface area contributed by atoms with Crippen LogP contribution in [0.5, 0.6) is 0 Å². The maximum atomic E-state index is 10.7. The van der Waals surface area contributed by atoms with Crippen LogP contribution in [0.25, 0.3) is 0 Å². The van der Waals surface area contributed by atoms with Gasteiger partial charge in [-0.3, -0.25) is 4.18 Å². The molecule has 3 fully saturated rings. The topological polar surface area (TPSA) is 155 Å². The van der Waals surface area contributed by atoms with Gasteiger partial charge in [-0.15, -0.1) is 4.33 Å². The summed E-state index contributed by atoms with van der Waals surface area (Å²) in [5, 5.41) is 42.4. The van der Waals surface area contributed by atoms with E-state index in [0.717, 1.165) is 0 Å². The molecule has 3 aliphatic heterocycles. The van der Waals surface area contributed by atoms with Crippen molar-refractivity contribution in [1.29, 1.82) is 0 Å². The Labute approximate surface area is 178 Å². The van der Waals surface area contributed by atoms with E-state index in [4.69, 9.17) is 33.1 Å². The zero-order chi connectivity index (χ0) is 21.7. The molecular formula is C17H30O12S. The van der Waals surface area contributed by atoms with Crippen LogP contribution in [-0.2, 0) is 37.2 Å². The van der Waals surface area contributed by atoms with E-state index in [2.05, 4.69) is 9.37 Å². The first-order chi connectivity index (χ1) is 14.5. The number of ether oxygens (including phenoxy) is 5. The minimum atomic E-state index is -0.919. The first-order valence-electron chi connectivity index (χ1n) is 9.85. The molecule has 10 atom stereocenters. The van der Waals surface area contributed by atoms with Crippen molar-refractivity contribution < 1.29 is 57.8 Å². The zero-order valence-electron chi connectivity index (χ0n) is 16.8. The molecule has 13 heteroatoms. The number of hydrogen-bond acceptors (Lipinski definition) is 13. The van der Waals surface area contributed by atoms with Crippen LogP contribution >= 0.6 is 12.3 Å². The van der Waals surface area contributed by atoms with Crippen LogP contribution in [0.4, 0.5) is 0 Å². The summed E-state index contributed by atoms with van der Waals surface area (Å²) in [5.41, 5.74) is 0. The second-order valence-electron chi connectivity index (χ2n) is 7.50. The van der Waals surface area contributed by atoms with E-state index in [0.29, 0.717) is 25.4 Å². The third-order valence-corrected chi connectivity index (χ3v) is 6.34. The van der Waals surface area contributed by atoms with E-state index >= 15 is 0 Å². The second kappa shape index (κ2) is 11.7. The van der Waals surface area contributed by atoms with E-state index in [1.807, 2.05) is 6.92 Å². The van der Waals surface area contributed by atoms with E-state index in [1.54, 1.807) is 0 Å². The highest BCUT2D eigenvalue weighted by atomic mass is 32.2. The Kier molecular flexibility index (Phi) is 9.52. The van der Waals surface area contributed by atoms with Gasteiger partial charge in [0.15, 0.2) is 18.6 Å². The minimum absolute atomic E-state index is 0.0734.